The van der Waals surface area contributed by atoms with Gasteiger partial charge in [0.1, 0.15) is 17.9 Å². The third kappa shape index (κ3) is 9.10. The number of hydrogen-bond donors (Lipinski definition) is 5. The molecule has 10 nitrogen and oxygen atoms in total. The Hall–Kier alpha value is -4.33. The number of aromatic nitrogens is 1. The van der Waals surface area contributed by atoms with Gasteiger partial charge in [0.2, 0.25) is 17.7 Å². The number of fused-ring (bicyclic) bond motifs is 1. The van der Waals surface area contributed by atoms with Crippen LogP contribution in [0.3, 0.4) is 0 Å². The van der Waals surface area contributed by atoms with Gasteiger partial charge in [-0.2, -0.15) is 24.9 Å². The lowest BCUT2D eigenvalue weighted by Gasteiger charge is -2.29. The van der Waals surface area contributed by atoms with Gasteiger partial charge in [-0.25, -0.2) is 0 Å². The van der Waals surface area contributed by atoms with E-state index in [1.54, 1.807) is 55.5 Å². The van der Waals surface area contributed by atoms with Gasteiger partial charge in [-0.05, 0) is 23.3 Å². The van der Waals surface area contributed by atoms with Crippen molar-refractivity contribution in [3.8, 4) is 0 Å². The Balaban J connectivity index is 1.42. The van der Waals surface area contributed by atoms with Crippen LogP contribution >= 0.6 is 11.8 Å². The number of nitrogens with one attached hydrogen (secondary N) is 5. The molecule has 1 aromatic heterocycles. The van der Waals surface area contributed by atoms with Crippen molar-refractivity contribution in [1.82, 2.24) is 25.8 Å². The molecule has 2 unspecified atom stereocenters. The fourth-order valence-corrected chi connectivity index (χ4v) is 5.92. The largest absolute Gasteiger partial charge is 0.452 e. The number of H-pyrrole nitrogens is 1. The maximum atomic E-state index is 13.4. The standard InChI is InChI=1S/C31H35F3N6O4S/c1-2-26(41)39-25(15-19-6-5-7-20(14-19)29(35)40-10-12-45-13-11-40)30(44)37-18-27(42)38-24(28(43)31(32,33)34)16-21-17-36-23-9-4-3-8-22(21)23/h3-9,14,17,24-25,35-36H,2,10-13,15-16,18H2,1H3,(H,37,44)(H,38,42)(H,39,41). The van der Waals surface area contributed by atoms with Crippen LogP contribution in [0.5, 0.6) is 0 Å². The molecule has 0 bridgehead atoms. The average Bonchev–Trinajstić information content (AvgIpc) is 3.44. The van der Waals surface area contributed by atoms with E-state index in [1.807, 2.05) is 16.7 Å². The maximum absolute atomic E-state index is 13.4. The molecule has 1 fully saturated rings. The number of alkyl halides is 3. The zero-order chi connectivity index (χ0) is 32.6. The molecule has 2 aromatic carbocycles. The molecule has 1 saturated heterocycles. The van der Waals surface area contributed by atoms with Crippen LogP contribution in [-0.2, 0) is 32.0 Å². The predicted molar refractivity (Wildman–Crippen MR) is 166 cm³/mol. The summed E-state index contributed by atoms with van der Waals surface area (Å²) >= 11 is 1.83. The highest BCUT2D eigenvalue weighted by atomic mass is 32.2. The molecule has 0 aliphatic carbocycles. The molecular weight excluding hydrogens is 609 g/mol. The van der Waals surface area contributed by atoms with Crippen LogP contribution in [0.25, 0.3) is 10.9 Å². The molecule has 5 N–H and O–H groups in total. The number of thioether (sulfide) groups is 1. The van der Waals surface area contributed by atoms with Crippen LogP contribution in [0.4, 0.5) is 13.2 Å². The first-order valence-corrected chi connectivity index (χ1v) is 15.6. The Morgan fingerprint density at radius 3 is 2.40 bits per heavy atom. The lowest BCUT2D eigenvalue weighted by atomic mass is 10.0. The number of carbonyl (C=O) groups excluding carboxylic acids is 4. The SMILES string of the molecule is CCC(=O)NC(Cc1cccc(C(=N)N2CCSCC2)c1)C(=O)NCC(=O)NC(Cc1c[nH]c2ccccc12)C(=O)C(F)(F)F. The summed E-state index contributed by atoms with van der Waals surface area (Å²) in [6.07, 6.45) is -3.99. The molecule has 1 aliphatic heterocycles. The van der Waals surface area contributed by atoms with Crippen molar-refractivity contribution in [2.24, 2.45) is 0 Å². The number of amidine groups is 1. The van der Waals surface area contributed by atoms with Crippen LogP contribution in [0.1, 0.15) is 30.0 Å². The van der Waals surface area contributed by atoms with Crippen molar-refractivity contribution >= 4 is 52.0 Å². The van der Waals surface area contributed by atoms with Gasteiger partial charge in [0.25, 0.3) is 5.78 Å². The van der Waals surface area contributed by atoms with E-state index in [9.17, 15) is 32.3 Å². The number of Topliss-reactive ketones (excluding diaryl/α,β-unsaturated/α-hetero) is 1. The van der Waals surface area contributed by atoms with Crippen molar-refractivity contribution in [2.75, 3.05) is 31.1 Å². The number of rotatable bonds is 12. The topological polar surface area (TPSA) is 147 Å². The zero-order valence-electron chi connectivity index (χ0n) is 24.6. The number of benzene rings is 2. The number of ketones is 1. The number of aromatic amines is 1. The molecule has 0 spiro atoms. The minimum atomic E-state index is -5.19. The quantitative estimate of drug-likeness (QED) is 0.151. The average molecular weight is 645 g/mol. The highest BCUT2D eigenvalue weighted by Gasteiger charge is 2.44. The third-order valence-electron chi connectivity index (χ3n) is 7.39. The molecule has 1 aliphatic rings. The van der Waals surface area contributed by atoms with Crippen LogP contribution in [-0.4, -0.2) is 88.6 Å². The monoisotopic (exact) mass is 644 g/mol. The van der Waals surface area contributed by atoms with Gasteiger partial charge in [-0.1, -0.05) is 43.3 Å². The van der Waals surface area contributed by atoms with E-state index in [1.165, 1.54) is 6.20 Å². The van der Waals surface area contributed by atoms with Gasteiger partial charge >= 0.3 is 6.18 Å². The first-order valence-electron chi connectivity index (χ1n) is 14.5. The first-order chi connectivity index (χ1) is 21.5. The summed E-state index contributed by atoms with van der Waals surface area (Å²) in [4.78, 5) is 55.3. The zero-order valence-corrected chi connectivity index (χ0v) is 25.4. The van der Waals surface area contributed by atoms with Crippen LogP contribution < -0.4 is 16.0 Å². The molecule has 240 valence electrons. The summed E-state index contributed by atoms with van der Waals surface area (Å²) < 4.78 is 40.3. The molecule has 4 rings (SSSR count). The molecular formula is C31H35F3N6O4S. The second kappa shape index (κ2) is 15.1. The van der Waals surface area contributed by atoms with Gasteiger partial charge in [0.05, 0.1) is 6.54 Å². The fraction of sp³-hybridized carbons (Fsp3) is 0.387. The van der Waals surface area contributed by atoms with E-state index in [-0.39, 0.29) is 12.8 Å². The van der Waals surface area contributed by atoms with Crippen LogP contribution in [0.15, 0.2) is 54.7 Å². The van der Waals surface area contributed by atoms with Gasteiger partial charge in [-0.3, -0.25) is 24.6 Å². The highest BCUT2D eigenvalue weighted by Crippen LogP contribution is 2.23. The van der Waals surface area contributed by atoms with E-state index in [0.29, 0.717) is 33.4 Å². The summed E-state index contributed by atoms with van der Waals surface area (Å²) in [5.74, 6) is -2.04. The second-order valence-electron chi connectivity index (χ2n) is 10.6. The van der Waals surface area contributed by atoms with Gasteiger partial charge < -0.3 is 25.8 Å². The van der Waals surface area contributed by atoms with Crippen molar-refractivity contribution < 1.29 is 32.3 Å². The predicted octanol–water partition coefficient (Wildman–Crippen LogP) is 2.95. The summed E-state index contributed by atoms with van der Waals surface area (Å²) in [7, 11) is 0. The molecule has 0 saturated carbocycles. The van der Waals surface area contributed by atoms with Gasteiger partial charge in [0.15, 0.2) is 0 Å². The number of amides is 3. The maximum Gasteiger partial charge on any atom is 0.452 e. The van der Waals surface area contributed by atoms with Crippen molar-refractivity contribution in [3.63, 3.8) is 0 Å². The minimum absolute atomic E-state index is 0.0475. The van der Waals surface area contributed by atoms with E-state index in [4.69, 9.17) is 5.41 Å². The molecule has 2 atom stereocenters. The Labute approximate surface area is 262 Å². The Morgan fingerprint density at radius 2 is 1.69 bits per heavy atom. The summed E-state index contributed by atoms with van der Waals surface area (Å²) in [6, 6.07) is 10.9. The van der Waals surface area contributed by atoms with Gasteiger partial charge in [0, 0.05) is 66.5 Å². The lowest BCUT2D eigenvalue weighted by molar-refractivity contribution is -0.173. The molecule has 2 heterocycles. The molecule has 3 amide bonds. The fourth-order valence-electron chi connectivity index (χ4n) is 5.02. The summed E-state index contributed by atoms with van der Waals surface area (Å²) in [5, 5.41) is 16.3. The summed E-state index contributed by atoms with van der Waals surface area (Å²) in [6.45, 7) is 2.40. The van der Waals surface area contributed by atoms with Gasteiger partial charge in [-0.15, -0.1) is 0 Å². The third-order valence-corrected chi connectivity index (χ3v) is 8.34. The molecule has 0 radical (unpaired) electrons. The van der Waals surface area contributed by atoms with E-state index in [0.717, 1.165) is 24.6 Å². The number of para-hydroxylation sites is 1. The first kappa shape index (κ1) is 33.6. The van der Waals surface area contributed by atoms with Crippen molar-refractivity contribution in [2.45, 2.75) is 44.4 Å². The van der Waals surface area contributed by atoms with E-state index < -0.39 is 54.7 Å². The minimum Gasteiger partial charge on any atom is -0.361 e. The Kier molecular flexibility index (Phi) is 11.3. The van der Waals surface area contributed by atoms with E-state index in [2.05, 4.69) is 20.9 Å². The summed E-state index contributed by atoms with van der Waals surface area (Å²) in [5.41, 5.74) is 2.40. The number of halogens is 3. The van der Waals surface area contributed by atoms with Crippen molar-refractivity contribution in [1.29, 1.82) is 5.41 Å². The molecule has 45 heavy (non-hydrogen) atoms. The highest BCUT2D eigenvalue weighted by molar-refractivity contribution is 7.99. The van der Waals surface area contributed by atoms with Crippen LogP contribution in [0, 0.1) is 5.41 Å². The normalized spacial score (nSPS) is 14.8. The molecule has 14 heteroatoms. The smallest absolute Gasteiger partial charge is 0.361 e. The second-order valence-corrected chi connectivity index (χ2v) is 11.8. The van der Waals surface area contributed by atoms with Crippen LogP contribution in [0.2, 0.25) is 0 Å². The lowest BCUT2D eigenvalue weighted by Crippen LogP contribution is -2.53. The Morgan fingerprint density at radius 1 is 0.978 bits per heavy atom. The number of nitrogens with zero attached hydrogens (tertiary/aromatic N) is 1. The number of hydrogen-bond acceptors (Lipinski definition) is 6. The van der Waals surface area contributed by atoms with E-state index >= 15 is 0 Å². The van der Waals surface area contributed by atoms with Crippen molar-refractivity contribution in [3.05, 3.63) is 71.4 Å². The number of carbonyl (C=O) groups is 4. The molecule has 3 aromatic rings. The Bertz CT molecular complexity index is 1550.